The lowest BCUT2D eigenvalue weighted by Gasteiger charge is -2.26. The number of rotatable bonds is 4. The number of aliphatic hydroxyl groups is 1. The minimum atomic E-state index is -0.574. The average molecular weight is 185 g/mol. The van der Waals surface area contributed by atoms with E-state index in [0.29, 0.717) is 12.0 Å². The van der Waals surface area contributed by atoms with Crippen LogP contribution in [0.3, 0.4) is 0 Å². The van der Waals surface area contributed by atoms with E-state index in [1.54, 1.807) is 0 Å². The molecule has 2 N–H and O–H groups in total. The summed E-state index contributed by atoms with van der Waals surface area (Å²) in [4.78, 5) is 0. The summed E-state index contributed by atoms with van der Waals surface area (Å²) in [7, 11) is 0. The van der Waals surface area contributed by atoms with Gasteiger partial charge in [0.1, 0.15) is 0 Å². The van der Waals surface area contributed by atoms with Gasteiger partial charge in [-0.05, 0) is 32.1 Å². The van der Waals surface area contributed by atoms with Gasteiger partial charge in [0.2, 0.25) is 0 Å². The van der Waals surface area contributed by atoms with Crippen LogP contribution in [0.25, 0.3) is 0 Å². The Morgan fingerprint density at radius 3 is 2.31 bits per heavy atom. The fourth-order valence-electron chi connectivity index (χ4n) is 2.08. The molecule has 0 atom stereocenters. The van der Waals surface area contributed by atoms with Crippen molar-refractivity contribution < 1.29 is 5.11 Å². The van der Waals surface area contributed by atoms with Crippen molar-refractivity contribution in [1.82, 2.24) is 5.32 Å². The van der Waals surface area contributed by atoms with Crippen LogP contribution in [-0.4, -0.2) is 23.8 Å². The minimum Gasteiger partial charge on any atom is -0.389 e. The molecule has 1 aliphatic carbocycles. The Kier molecular flexibility index (Phi) is 3.36. The first-order chi connectivity index (χ1) is 5.91. The van der Waals surface area contributed by atoms with Crippen molar-refractivity contribution in [2.24, 2.45) is 5.41 Å². The molecule has 0 saturated heterocycles. The van der Waals surface area contributed by atoms with Gasteiger partial charge in [0.05, 0.1) is 5.60 Å². The molecular formula is C11H23NO. The first-order valence-corrected chi connectivity index (χ1v) is 5.34. The van der Waals surface area contributed by atoms with Gasteiger partial charge >= 0.3 is 0 Å². The smallest absolute Gasteiger partial charge is 0.0715 e. The van der Waals surface area contributed by atoms with E-state index in [4.69, 9.17) is 0 Å². The van der Waals surface area contributed by atoms with Gasteiger partial charge in [0, 0.05) is 13.1 Å². The fourth-order valence-corrected chi connectivity index (χ4v) is 2.08. The Balaban J connectivity index is 2.18. The van der Waals surface area contributed by atoms with E-state index in [-0.39, 0.29) is 0 Å². The summed E-state index contributed by atoms with van der Waals surface area (Å²) in [5.41, 5.74) is -0.0831. The molecule has 0 spiro atoms. The molecule has 0 bridgehead atoms. The fraction of sp³-hybridized carbons (Fsp3) is 1.00. The molecule has 2 nitrogen and oxygen atoms in total. The Morgan fingerprint density at radius 2 is 1.85 bits per heavy atom. The highest BCUT2D eigenvalue weighted by Gasteiger charge is 2.28. The molecule has 0 aromatic rings. The van der Waals surface area contributed by atoms with Crippen molar-refractivity contribution in [1.29, 1.82) is 0 Å². The predicted octanol–water partition coefficient (Wildman–Crippen LogP) is 1.93. The van der Waals surface area contributed by atoms with Gasteiger partial charge in [-0.3, -0.25) is 0 Å². The van der Waals surface area contributed by atoms with E-state index in [1.165, 1.54) is 25.7 Å². The molecule has 13 heavy (non-hydrogen) atoms. The highest BCUT2D eigenvalue weighted by atomic mass is 16.3. The third-order valence-electron chi connectivity index (χ3n) is 2.92. The molecular weight excluding hydrogens is 162 g/mol. The molecule has 0 radical (unpaired) electrons. The van der Waals surface area contributed by atoms with E-state index < -0.39 is 5.60 Å². The minimum absolute atomic E-state index is 0.491. The van der Waals surface area contributed by atoms with Gasteiger partial charge in [0.25, 0.3) is 0 Å². The second-order valence-electron chi connectivity index (χ2n) is 5.43. The first-order valence-electron chi connectivity index (χ1n) is 5.34. The van der Waals surface area contributed by atoms with Crippen molar-refractivity contribution in [2.75, 3.05) is 13.1 Å². The van der Waals surface area contributed by atoms with Gasteiger partial charge in [-0.1, -0.05) is 19.8 Å². The summed E-state index contributed by atoms with van der Waals surface area (Å²) >= 11 is 0. The second-order valence-corrected chi connectivity index (χ2v) is 5.43. The summed E-state index contributed by atoms with van der Waals surface area (Å²) < 4.78 is 0. The maximum absolute atomic E-state index is 9.51. The molecule has 78 valence electrons. The summed E-state index contributed by atoms with van der Waals surface area (Å²) in [5, 5.41) is 12.9. The van der Waals surface area contributed by atoms with E-state index >= 15 is 0 Å². The zero-order valence-corrected chi connectivity index (χ0v) is 9.19. The van der Waals surface area contributed by atoms with Crippen LogP contribution in [0.2, 0.25) is 0 Å². The van der Waals surface area contributed by atoms with Crippen molar-refractivity contribution in [3.05, 3.63) is 0 Å². The van der Waals surface area contributed by atoms with E-state index in [1.807, 2.05) is 13.8 Å². The van der Waals surface area contributed by atoms with Crippen molar-refractivity contribution >= 4 is 0 Å². The Bertz CT molecular complexity index is 154. The summed E-state index contributed by atoms with van der Waals surface area (Å²) in [6, 6.07) is 0. The average Bonchev–Trinajstić information content (AvgIpc) is 2.33. The monoisotopic (exact) mass is 185 g/mol. The van der Waals surface area contributed by atoms with Gasteiger partial charge < -0.3 is 10.4 Å². The quantitative estimate of drug-likeness (QED) is 0.701. The number of nitrogens with one attached hydrogen (secondary N) is 1. The van der Waals surface area contributed by atoms with Gasteiger partial charge in [-0.25, -0.2) is 0 Å². The molecule has 1 fully saturated rings. The molecule has 2 heteroatoms. The van der Waals surface area contributed by atoms with E-state index in [0.717, 1.165) is 6.54 Å². The zero-order valence-electron chi connectivity index (χ0n) is 9.19. The van der Waals surface area contributed by atoms with Crippen LogP contribution in [0.15, 0.2) is 0 Å². The standard InChI is InChI=1S/C11H23NO/c1-10(2,13)8-12-9-11(3)6-4-5-7-11/h12-13H,4-9H2,1-3H3. The topological polar surface area (TPSA) is 32.3 Å². The highest BCUT2D eigenvalue weighted by Crippen LogP contribution is 2.36. The normalized spacial score (nSPS) is 22.2. The van der Waals surface area contributed by atoms with Crippen molar-refractivity contribution in [2.45, 2.75) is 52.1 Å². The van der Waals surface area contributed by atoms with Crippen LogP contribution < -0.4 is 5.32 Å². The van der Waals surface area contributed by atoms with Gasteiger partial charge in [-0.15, -0.1) is 0 Å². The van der Waals surface area contributed by atoms with E-state index in [2.05, 4.69) is 12.2 Å². The summed E-state index contributed by atoms with van der Waals surface area (Å²) in [6.07, 6.45) is 5.43. The second kappa shape index (κ2) is 3.97. The molecule has 0 heterocycles. The van der Waals surface area contributed by atoms with Crippen molar-refractivity contribution in [3.63, 3.8) is 0 Å². The lowest BCUT2D eigenvalue weighted by Crippen LogP contribution is -2.39. The summed E-state index contributed by atoms with van der Waals surface area (Å²) in [5.74, 6) is 0. The van der Waals surface area contributed by atoms with Crippen LogP contribution in [0.5, 0.6) is 0 Å². The van der Waals surface area contributed by atoms with Crippen LogP contribution in [0.1, 0.15) is 46.5 Å². The highest BCUT2D eigenvalue weighted by molar-refractivity contribution is 4.83. The van der Waals surface area contributed by atoms with Crippen LogP contribution in [0.4, 0.5) is 0 Å². The lowest BCUT2D eigenvalue weighted by molar-refractivity contribution is 0.0764. The third kappa shape index (κ3) is 4.10. The molecule has 0 unspecified atom stereocenters. The Morgan fingerprint density at radius 1 is 1.31 bits per heavy atom. The van der Waals surface area contributed by atoms with Gasteiger partial charge in [0.15, 0.2) is 0 Å². The third-order valence-corrected chi connectivity index (χ3v) is 2.92. The molecule has 1 rings (SSSR count). The van der Waals surface area contributed by atoms with Crippen LogP contribution >= 0.6 is 0 Å². The number of hydrogen-bond acceptors (Lipinski definition) is 2. The van der Waals surface area contributed by atoms with E-state index in [9.17, 15) is 5.11 Å². The van der Waals surface area contributed by atoms with Crippen LogP contribution in [0, 0.1) is 5.41 Å². The maximum Gasteiger partial charge on any atom is 0.0715 e. The van der Waals surface area contributed by atoms with Gasteiger partial charge in [-0.2, -0.15) is 0 Å². The zero-order chi connectivity index (χ0) is 9.95. The van der Waals surface area contributed by atoms with Crippen molar-refractivity contribution in [3.8, 4) is 0 Å². The predicted molar refractivity (Wildman–Crippen MR) is 55.7 cm³/mol. The lowest BCUT2D eigenvalue weighted by atomic mass is 9.89. The number of hydrogen-bond donors (Lipinski definition) is 2. The Hall–Kier alpha value is -0.0800. The molecule has 0 aromatic carbocycles. The Labute approximate surface area is 81.7 Å². The SMILES string of the molecule is CC(C)(O)CNCC1(C)CCCC1. The molecule has 0 aliphatic heterocycles. The molecule has 1 saturated carbocycles. The first kappa shape index (κ1) is 11.0. The molecule has 0 aromatic heterocycles. The van der Waals surface area contributed by atoms with Crippen LogP contribution in [-0.2, 0) is 0 Å². The largest absolute Gasteiger partial charge is 0.389 e. The molecule has 1 aliphatic rings. The summed E-state index contributed by atoms with van der Waals surface area (Å²) in [6.45, 7) is 7.78. The molecule has 0 amide bonds. The maximum atomic E-state index is 9.51.